The lowest BCUT2D eigenvalue weighted by Crippen LogP contribution is -2.41. The third-order valence-corrected chi connectivity index (χ3v) is 3.92. The number of nitrogen functional groups attached to an aromatic ring is 1. The summed E-state index contributed by atoms with van der Waals surface area (Å²) in [5.74, 6) is -0.158. The molecule has 21 heavy (non-hydrogen) atoms. The minimum atomic E-state index is -0.416. The number of ether oxygens (including phenoxy) is 1. The first-order valence-corrected chi connectivity index (χ1v) is 7.76. The smallest absolute Gasteiger partial charge is 0.167 e. The molecule has 3 N–H and O–H groups in total. The number of aliphatic hydroxyl groups excluding tert-OH is 1. The Labute approximate surface area is 125 Å². The Morgan fingerprint density at radius 3 is 2.76 bits per heavy atom. The van der Waals surface area contributed by atoms with E-state index in [2.05, 4.69) is 4.90 Å². The van der Waals surface area contributed by atoms with Crippen LogP contribution in [0.25, 0.3) is 0 Å². The van der Waals surface area contributed by atoms with Gasteiger partial charge in [0.25, 0.3) is 0 Å². The highest BCUT2D eigenvalue weighted by Crippen LogP contribution is 2.36. The third kappa shape index (κ3) is 3.79. The van der Waals surface area contributed by atoms with Crippen molar-refractivity contribution < 1.29 is 14.2 Å². The molecule has 0 spiro atoms. The summed E-state index contributed by atoms with van der Waals surface area (Å²) in [7, 11) is 0. The summed E-state index contributed by atoms with van der Waals surface area (Å²) in [4.78, 5) is 2.19. The average Bonchev–Trinajstić information content (AvgIpc) is 2.41. The minimum absolute atomic E-state index is 0.142. The fraction of sp³-hybridized carbons (Fsp3) is 0.625. The molecule has 0 heterocycles. The Morgan fingerprint density at radius 2 is 2.19 bits per heavy atom. The van der Waals surface area contributed by atoms with Crippen molar-refractivity contribution in [2.24, 2.45) is 0 Å². The van der Waals surface area contributed by atoms with Gasteiger partial charge in [0, 0.05) is 31.3 Å². The van der Waals surface area contributed by atoms with E-state index in [-0.39, 0.29) is 12.4 Å². The van der Waals surface area contributed by atoms with E-state index in [4.69, 9.17) is 15.6 Å². The van der Waals surface area contributed by atoms with Gasteiger partial charge < -0.3 is 20.5 Å². The van der Waals surface area contributed by atoms with Gasteiger partial charge in [0.1, 0.15) is 0 Å². The molecule has 0 aliphatic heterocycles. The minimum Gasteiger partial charge on any atom is -0.490 e. The predicted octanol–water partition coefficient (Wildman–Crippen LogP) is 2.94. The lowest BCUT2D eigenvalue weighted by atomic mass is 9.90. The first-order chi connectivity index (χ1) is 10.2. The molecule has 1 aromatic carbocycles. The summed E-state index contributed by atoms with van der Waals surface area (Å²) >= 11 is 0. The Bertz CT molecular complexity index is 464. The molecule has 0 radical (unpaired) electrons. The fourth-order valence-corrected chi connectivity index (χ4v) is 2.57. The van der Waals surface area contributed by atoms with Crippen LogP contribution in [-0.2, 0) is 0 Å². The molecule has 118 valence electrons. The van der Waals surface area contributed by atoms with Crippen molar-refractivity contribution in [3.05, 3.63) is 17.9 Å². The molecule has 4 nitrogen and oxygen atoms in total. The number of nitrogens with zero attached hydrogens (tertiary/aromatic N) is 1. The number of halogens is 1. The maximum Gasteiger partial charge on any atom is 0.167 e. The van der Waals surface area contributed by atoms with Crippen molar-refractivity contribution in [2.75, 3.05) is 30.4 Å². The summed E-state index contributed by atoms with van der Waals surface area (Å²) in [5.41, 5.74) is 7.26. The monoisotopic (exact) mass is 296 g/mol. The number of rotatable bonds is 8. The normalized spacial score (nSPS) is 14.8. The second-order valence-electron chi connectivity index (χ2n) is 5.55. The van der Waals surface area contributed by atoms with Crippen LogP contribution in [0.3, 0.4) is 0 Å². The first-order valence-electron chi connectivity index (χ1n) is 7.76. The van der Waals surface area contributed by atoms with Gasteiger partial charge in [0.15, 0.2) is 11.6 Å². The summed E-state index contributed by atoms with van der Waals surface area (Å²) < 4.78 is 19.4. The Hall–Kier alpha value is -1.49. The topological polar surface area (TPSA) is 58.7 Å². The zero-order chi connectivity index (χ0) is 15.2. The van der Waals surface area contributed by atoms with Gasteiger partial charge in [-0.1, -0.05) is 6.92 Å². The second kappa shape index (κ2) is 7.50. The van der Waals surface area contributed by atoms with E-state index < -0.39 is 5.82 Å². The molecule has 0 saturated heterocycles. The highest BCUT2D eigenvalue weighted by molar-refractivity contribution is 5.70. The SMILES string of the molecule is CCCOc1cc(N(CCCO)C2CCC2)c(N)cc1F. The van der Waals surface area contributed by atoms with E-state index in [0.29, 0.717) is 24.8 Å². The van der Waals surface area contributed by atoms with Crippen LogP contribution in [-0.4, -0.2) is 30.9 Å². The Morgan fingerprint density at radius 1 is 1.43 bits per heavy atom. The van der Waals surface area contributed by atoms with Crippen molar-refractivity contribution in [1.82, 2.24) is 0 Å². The van der Waals surface area contributed by atoms with E-state index >= 15 is 0 Å². The number of hydrogen-bond donors (Lipinski definition) is 2. The largest absolute Gasteiger partial charge is 0.490 e. The van der Waals surface area contributed by atoms with Gasteiger partial charge in [0.2, 0.25) is 0 Å². The lowest BCUT2D eigenvalue weighted by Gasteiger charge is -2.40. The summed E-state index contributed by atoms with van der Waals surface area (Å²) in [6, 6.07) is 3.48. The predicted molar refractivity (Wildman–Crippen MR) is 83.3 cm³/mol. The number of benzene rings is 1. The van der Waals surface area contributed by atoms with E-state index in [9.17, 15) is 4.39 Å². The molecule has 0 atom stereocenters. The van der Waals surface area contributed by atoms with Crippen LogP contribution >= 0.6 is 0 Å². The highest BCUT2D eigenvalue weighted by atomic mass is 19.1. The van der Waals surface area contributed by atoms with E-state index in [1.54, 1.807) is 6.07 Å². The standard InChI is InChI=1S/C16H25FN2O2/c1-2-9-21-16-11-15(14(18)10-13(16)17)19(7-4-8-20)12-5-3-6-12/h10-12,20H,2-9,18H2,1H3. The molecule has 1 aromatic rings. The van der Waals surface area contributed by atoms with Crippen molar-refractivity contribution in [3.8, 4) is 5.75 Å². The maximum absolute atomic E-state index is 13.9. The quantitative estimate of drug-likeness (QED) is 0.724. The number of anilines is 2. The van der Waals surface area contributed by atoms with Gasteiger partial charge in [-0.15, -0.1) is 0 Å². The molecule has 1 aliphatic rings. The van der Waals surface area contributed by atoms with Crippen molar-refractivity contribution >= 4 is 11.4 Å². The highest BCUT2D eigenvalue weighted by Gasteiger charge is 2.27. The molecule has 0 amide bonds. The number of nitrogens with two attached hydrogens (primary N) is 1. The Balaban J connectivity index is 2.24. The maximum atomic E-state index is 13.9. The molecule has 0 unspecified atom stereocenters. The van der Waals surface area contributed by atoms with Gasteiger partial charge in [-0.3, -0.25) is 0 Å². The fourth-order valence-electron chi connectivity index (χ4n) is 2.57. The molecule has 0 aromatic heterocycles. The van der Waals surface area contributed by atoms with E-state index in [0.717, 1.165) is 31.5 Å². The zero-order valence-corrected chi connectivity index (χ0v) is 12.6. The molecule has 1 aliphatic carbocycles. The van der Waals surface area contributed by atoms with Gasteiger partial charge in [-0.05, 0) is 32.1 Å². The van der Waals surface area contributed by atoms with Crippen LogP contribution in [0.2, 0.25) is 0 Å². The second-order valence-corrected chi connectivity index (χ2v) is 5.55. The summed E-state index contributed by atoms with van der Waals surface area (Å²) in [5, 5.41) is 9.08. The zero-order valence-electron chi connectivity index (χ0n) is 12.6. The summed E-state index contributed by atoms with van der Waals surface area (Å²) in [6.45, 7) is 3.34. The van der Waals surface area contributed by atoms with Crippen molar-refractivity contribution in [2.45, 2.75) is 45.1 Å². The van der Waals surface area contributed by atoms with Gasteiger partial charge in [-0.25, -0.2) is 4.39 Å². The molecule has 2 rings (SSSR count). The van der Waals surface area contributed by atoms with Crippen LogP contribution in [0.5, 0.6) is 5.75 Å². The molecule has 1 fully saturated rings. The summed E-state index contributed by atoms with van der Waals surface area (Å²) in [6.07, 6.45) is 4.95. The van der Waals surface area contributed by atoms with Crippen LogP contribution < -0.4 is 15.4 Å². The van der Waals surface area contributed by atoms with Gasteiger partial charge in [0.05, 0.1) is 18.0 Å². The van der Waals surface area contributed by atoms with Crippen LogP contribution in [0.15, 0.2) is 12.1 Å². The van der Waals surface area contributed by atoms with Crippen LogP contribution in [0.4, 0.5) is 15.8 Å². The van der Waals surface area contributed by atoms with E-state index in [1.165, 1.54) is 12.5 Å². The van der Waals surface area contributed by atoms with Crippen LogP contribution in [0.1, 0.15) is 39.0 Å². The molecule has 5 heteroatoms. The van der Waals surface area contributed by atoms with E-state index in [1.807, 2.05) is 6.92 Å². The van der Waals surface area contributed by atoms with Crippen molar-refractivity contribution in [3.63, 3.8) is 0 Å². The number of aliphatic hydroxyl groups is 1. The number of hydrogen-bond acceptors (Lipinski definition) is 4. The molecular formula is C16H25FN2O2. The Kier molecular flexibility index (Phi) is 5.67. The van der Waals surface area contributed by atoms with Crippen molar-refractivity contribution in [1.29, 1.82) is 0 Å². The lowest BCUT2D eigenvalue weighted by molar-refractivity contribution is 0.282. The average molecular weight is 296 g/mol. The first kappa shape index (κ1) is 15.9. The molecule has 1 saturated carbocycles. The van der Waals surface area contributed by atoms with Gasteiger partial charge in [-0.2, -0.15) is 0 Å². The molecular weight excluding hydrogens is 271 g/mol. The third-order valence-electron chi connectivity index (χ3n) is 3.92. The molecule has 0 bridgehead atoms. The van der Waals surface area contributed by atoms with Gasteiger partial charge >= 0.3 is 0 Å². The van der Waals surface area contributed by atoms with Crippen LogP contribution in [0, 0.1) is 5.82 Å².